The van der Waals surface area contributed by atoms with E-state index in [2.05, 4.69) is 27.3 Å². The summed E-state index contributed by atoms with van der Waals surface area (Å²) in [7, 11) is -3.36. The normalized spacial score (nSPS) is 11.7. The second kappa shape index (κ2) is 5.78. The van der Waals surface area contributed by atoms with Gasteiger partial charge in [-0.2, -0.15) is 0 Å². The van der Waals surface area contributed by atoms with Crippen LogP contribution in [-0.4, -0.2) is 15.0 Å². The van der Waals surface area contributed by atoms with E-state index in [0.29, 0.717) is 11.4 Å². The van der Waals surface area contributed by atoms with E-state index in [4.69, 9.17) is 0 Å². The van der Waals surface area contributed by atoms with Crippen LogP contribution >= 0.6 is 67.8 Å². The molecule has 0 aliphatic heterocycles. The lowest BCUT2D eigenvalue weighted by atomic mass is 10.4. The highest BCUT2D eigenvalue weighted by Gasteiger charge is 2.20. The summed E-state index contributed by atoms with van der Waals surface area (Å²) in [5.74, 6) is 0. The second-order valence-corrected chi connectivity index (χ2v) is 7.97. The van der Waals surface area contributed by atoms with Crippen molar-refractivity contribution in [2.45, 2.75) is 11.8 Å². The van der Waals surface area contributed by atoms with Gasteiger partial charge in [0.05, 0.1) is 0 Å². The lowest BCUT2D eigenvalue weighted by Gasteiger charge is -2.09. The molecule has 0 fully saturated rings. The second-order valence-electron chi connectivity index (χ2n) is 2.70. The van der Waals surface area contributed by atoms with Crippen molar-refractivity contribution in [2.75, 3.05) is 6.54 Å². The summed E-state index contributed by atoms with van der Waals surface area (Å²) in [5, 5.41) is 0. The molecule has 0 aliphatic carbocycles. The van der Waals surface area contributed by atoms with Gasteiger partial charge >= 0.3 is 0 Å². The van der Waals surface area contributed by atoms with Crippen LogP contribution in [0.25, 0.3) is 0 Å². The van der Waals surface area contributed by atoms with Crippen LogP contribution in [0.3, 0.4) is 0 Å². The van der Waals surface area contributed by atoms with Crippen molar-refractivity contribution in [2.24, 2.45) is 0 Å². The van der Waals surface area contributed by atoms with Gasteiger partial charge in [0.2, 0.25) is 10.0 Å². The van der Waals surface area contributed by atoms with Gasteiger partial charge in [-0.3, -0.25) is 0 Å². The highest BCUT2D eigenvalue weighted by Crippen LogP contribution is 2.26. The molecule has 1 rings (SSSR count). The molecular formula is C8H8I3NO2S. The molecule has 0 bridgehead atoms. The predicted molar refractivity (Wildman–Crippen MR) is 85.5 cm³/mol. The largest absolute Gasteiger partial charge is 0.242 e. The maximum Gasteiger partial charge on any atom is 0.242 e. The quantitative estimate of drug-likeness (QED) is 0.576. The minimum atomic E-state index is -3.36. The van der Waals surface area contributed by atoms with Crippen LogP contribution in [-0.2, 0) is 10.0 Å². The third kappa shape index (κ3) is 3.64. The molecule has 7 heteroatoms. The molecule has 0 atom stereocenters. The molecule has 0 amide bonds. The highest BCUT2D eigenvalue weighted by atomic mass is 127. The molecule has 0 heterocycles. The Kier molecular flexibility index (Phi) is 5.54. The Morgan fingerprint density at radius 3 is 2.07 bits per heavy atom. The SMILES string of the molecule is CCNS(=O)(=O)c1c(I)cc(I)cc1I. The maximum absolute atomic E-state index is 11.9. The van der Waals surface area contributed by atoms with Gasteiger partial charge in [0.1, 0.15) is 4.90 Å². The number of nitrogens with one attached hydrogen (secondary N) is 1. The fraction of sp³-hybridized carbons (Fsp3) is 0.250. The fourth-order valence-corrected chi connectivity index (χ4v) is 7.53. The van der Waals surface area contributed by atoms with Crippen molar-refractivity contribution in [3.63, 3.8) is 0 Å². The van der Waals surface area contributed by atoms with Gasteiger partial charge in [0.15, 0.2) is 0 Å². The molecule has 1 aromatic carbocycles. The van der Waals surface area contributed by atoms with Gasteiger partial charge in [-0.15, -0.1) is 0 Å². The first kappa shape index (κ1) is 14.4. The van der Waals surface area contributed by atoms with E-state index in [1.54, 1.807) is 6.92 Å². The molecule has 1 aromatic rings. The van der Waals surface area contributed by atoms with Crippen LogP contribution in [0.15, 0.2) is 17.0 Å². The van der Waals surface area contributed by atoms with Crippen LogP contribution < -0.4 is 4.72 Å². The van der Waals surface area contributed by atoms with Crippen molar-refractivity contribution in [1.29, 1.82) is 0 Å². The first-order valence-corrected chi connectivity index (χ1v) is 8.74. The molecule has 0 unspecified atom stereocenters. The third-order valence-electron chi connectivity index (χ3n) is 1.57. The molecule has 3 nitrogen and oxygen atoms in total. The van der Waals surface area contributed by atoms with Crippen molar-refractivity contribution < 1.29 is 8.42 Å². The smallest absolute Gasteiger partial charge is 0.211 e. The molecule has 84 valence electrons. The number of halogens is 3. The van der Waals surface area contributed by atoms with Crippen LogP contribution in [0.5, 0.6) is 0 Å². The third-order valence-corrected chi connectivity index (χ3v) is 6.27. The summed E-state index contributed by atoms with van der Waals surface area (Å²) in [5.41, 5.74) is 0. The van der Waals surface area contributed by atoms with E-state index in [1.807, 2.05) is 57.3 Å². The Hall–Kier alpha value is 1.32. The molecule has 0 radical (unpaired) electrons. The Bertz CT molecular complexity index is 450. The fourth-order valence-electron chi connectivity index (χ4n) is 1.05. The van der Waals surface area contributed by atoms with Gasteiger partial charge < -0.3 is 0 Å². The summed E-state index contributed by atoms with van der Waals surface area (Å²) in [6.45, 7) is 2.17. The standard InChI is InChI=1S/C8H8I3NO2S/c1-2-12-15(13,14)8-6(10)3-5(9)4-7(8)11/h3-4,12H,2H2,1H3. The Balaban J connectivity index is 3.38. The average Bonchev–Trinajstić information content (AvgIpc) is 1.99. The Morgan fingerprint density at radius 1 is 1.20 bits per heavy atom. The molecule has 0 spiro atoms. The van der Waals surface area contributed by atoms with Crippen LogP contribution in [0.2, 0.25) is 0 Å². The van der Waals surface area contributed by atoms with Crippen molar-refractivity contribution in [3.05, 3.63) is 22.8 Å². The van der Waals surface area contributed by atoms with Gasteiger partial charge in [-0.1, -0.05) is 6.92 Å². The van der Waals surface area contributed by atoms with E-state index in [0.717, 1.165) is 10.7 Å². The zero-order valence-electron chi connectivity index (χ0n) is 7.72. The van der Waals surface area contributed by atoms with E-state index >= 15 is 0 Å². The lowest BCUT2D eigenvalue weighted by molar-refractivity contribution is 0.582. The van der Waals surface area contributed by atoms with Gasteiger partial charge in [0.25, 0.3) is 0 Å². The van der Waals surface area contributed by atoms with E-state index in [-0.39, 0.29) is 0 Å². The topological polar surface area (TPSA) is 46.2 Å². The molecule has 0 aliphatic rings. The molecule has 1 N–H and O–H groups in total. The monoisotopic (exact) mass is 563 g/mol. The van der Waals surface area contributed by atoms with E-state index in [9.17, 15) is 8.42 Å². The lowest BCUT2D eigenvalue weighted by Crippen LogP contribution is -2.25. The number of rotatable bonds is 3. The van der Waals surface area contributed by atoms with Gasteiger partial charge in [-0.25, -0.2) is 13.1 Å². The first-order chi connectivity index (χ1) is 6.88. The molecule has 15 heavy (non-hydrogen) atoms. The predicted octanol–water partition coefficient (Wildman–Crippen LogP) is 2.80. The summed E-state index contributed by atoms with van der Waals surface area (Å²) in [6.07, 6.45) is 0. The maximum atomic E-state index is 11.9. The highest BCUT2D eigenvalue weighted by molar-refractivity contribution is 14.1. The zero-order valence-corrected chi connectivity index (χ0v) is 15.0. The summed E-state index contributed by atoms with van der Waals surface area (Å²) in [4.78, 5) is 0.381. The first-order valence-electron chi connectivity index (χ1n) is 4.02. The van der Waals surface area contributed by atoms with Gasteiger partial charge in [-0.05, 0) is 79.9 Å². The van der Waals surface area contributed by atoms with Crippen molar-refractivity contribution in [1.82, 2.24) is 4.72 Å². The number of benzene rings is 1. The van der Waals surface area contributed by atoms with Crippen molar-refractivity contribution >= 4 is 77.8 Å². The molecule has 0 aromatic heterocycles. The summed E-state index contributed by atoms with van der Waals surface area (Å²) >= 11 is 6.27. The summed E-state index contributed by atoms with van der Waals surface area (Å²) in [6, 6.07) is 3.71. The van der Waals surface area contributed by atoms with E-state index in [1.165, 1.54) is 0 Å². The van der Waals surface area contributed by atoms with Crippen LogP contribution in [0.4, 0.5) is 0 Å². The zero-order chi connectivity index (χ0) is 11.6. The average molecular weight is 563 g/mol. The number of hydrogen-bond acceptors (Lipinski definition) is 2. The summed E-state index contributed by atoms with van der Waals surface area (Å²) < 4.78 is 28.8. The van der Waals surface area contributed by atoms with Crippen molar-refractivity contribution in [3.8, 4) is 0 Å². The molecule has 0 saturated heterocycles. The Morgan fingerprint density at radius 2 is 1.67 bits per heavy atom. The van der Waals surface area contributed by atoms with Crippen LogP contribution in [0.1, 0.15) is 6.92 Å². The molecular weight excluding hydrogens is 555 g/mol. The van der Waals surface area contributed by atoms with Gasteiger partial charge in [0, 0.05) is 17.3 Å². The van der Waals surface area contributed by atoms with E-state index < -0.39 is 10.0 Å². The number of sulfonamides is 1. The van der Waals surface area contributed by atoms with Crippen LogP contribution in [0, 0.1) is 10.7 Å². The molecule has 0 saturated carbocycles. The Labute approximate surface area is 130 Å². The minimum absolute atomic E-state index is 0.381. The number of hydrogen-bond donors (Lipinski definition) is 1. The minimum Gasteiger partial charge on any atom is -0.211 e.